The fourth-order valence-electron chi connectivity index (χ4n) is 3.70. The van der Waals surface area contributed by atoms with E-state index in [-0.39, 0.29) is 11.3 Å². The Morgan fingerprint density at radius 2 is 2.07 bits per heavy atom. The number of ether oxygens (including phenoxy) is 2. The number of aromatic nitrogens is 3. The number of nitrogens with two attached hydrogens (primary N) is 1. The molecule has 3 heterocycles. The summed E-state index contributed by atoms with van der Waals surface area (Å²) in [5, 5.41) is 8.29. The van der Waals surface area contributed by atoms with Gasteiger partial charge in [-0.05, 0) is 55.8 Å². The van der Waals surface area contributed by atoms with E-state index in [1.807, 2.05) is 31.6 Å². The molecule has 2 aliphatic rings. The molecule has 4 rings (SSSR count). The van der Waals surface area contributed by atoms with E-state index >= 15 is 0 Å². The van der Waals surface area contributed by atoms with Crippen molar-refractivity contribution in [2.75, 3.05) is 13.1 Å². The molecule has 8 nitrogen and oxygen atoms in total. The molecule has 0 radical (unpaired) electrons. The summed E-state index contributed by atoms with van der Waals surface area (Å²) in [4.78, 5) is 15.6. The van der Waals surface area contributed by atoms with Crippen LogP contribution in [0.4, 0.5) is 4.79 Å². The molecule has 3 N–H and O–H groups in total. The summed E-state index contributed by atoms with van der Waals surface area (Å²) in [6, 6.07) is 2.23. The molecule has 0 saturated heterocycles. The Hall–Kier alpha value is -2.87. The lowest BCUT2D eigenvalue weighted by atomic mass is 9.87. The van der Waals surface area contributed by atoms with Gasteiger partial charge in [-0.3, -0.25) is 4.68 Å². The van der Waals surface area contributed by atoms with Gasteiger partial charge in [-0.15, -0.1) is 0 Å². The van der Waals surface area contributed by atoms with Gasteiger partial charge >= 0.3 is 6.09 Å². The summed E-state index contributed by atoms with van der Waals surface area (Å²) in [6.45, 7) is 7.92. The van der Waals surface area contributed by atoms with E-state index < -0.39 is 6.09 Å². The number of nitrogens with zero attached hydrogens (tertiary/aromatic N) is 3. The van der Waals surface area contributed by atoms with Crippen molar-refractivity contribution in [2.24, 2.45) is 5.73 Å². The van der Waals surface area contributed by atoms with Gasteiger partial charge in [0.05, 0.1) is 17.8 Å². The predicted molar refractivity (Wildman–Crippen MR) is 114 cm³/mol. The van der Waals surface area contributed by atoms with Gasteiger partial charge < -0.3 is 20.5 Å². The summed E-state index contributed by atoms with van der Waals surface area (Å²) in [7, 11) is 0. The lowest BCUT2D eigenvalue weighted by Crippen LogP contribution is -2.22. The Bertz CT molecular complexity index is 970. The summed E-state index contributed by atoms with van der Waals surface area (Å²) in [6.07, 6.45) is 9.02. The van der Waals surface area contributed by atoms with Crippen molar-refractivity contribution in [3.63, 3.8) is 0 Å². The largest absolute Gasteiger partial charge is 0.453 e. The average Bonchev–Trinajstić information content (AvgIpc) is 3.47. The van der Waals surface area contributed by atoms with E-state index in [0.717, 1.165) is 44.5 Å². The highest BCUT2D eigenvalue weighted by molar-refractivity contribution is 5.70. The fourth-order valence-corrected chi connectivity index (χ4v) is 3.70. The lowest BCUT2D eigenvalue weighted by Gasteiger charge is -2.24. The molecule has 0 spiro atoms. The number of hydrogen-bond acceptors (Lipinski definition) is 6. The summed E-state index contributed by atoms with van der Waals surface area (Å²) in [5.41, 5.74) is 7.62. The van der Waals surface area contributed by atoms with Crippen LogP contribution in [0.15, 0.2) is 24.5 Å². The number of amides is 1. The first-order valence-corrected chi connectivity index (χ1v) is 10.5. The summed E-state index contributed by atoms with van der Waals surface area (Å²) < 4.78 is 13.6. The molecule has 2 aromatic heterocycles. The molecule has 30 heavy (non-hydrogen) atoms. The summed E-state index contributed by atoms with van der Waals surface area (Å²) in [5.74, 6) is 1.45. The van der Waals surface area contributed by atoms with Gasteiger partial charge in [-0.25, -0.2) is 9.78 Å². The third-order valence-corrected chi connectivity index (χ3v) is 5.25. The van der Waals surface area contributed by atoms with Crippen molar-refractivity contribution in [1.82, 2.24) is 20.1 Å². The highest BCUT2D eigenvalue weighted by Crippen LogP contribution is 2.43. The van der Waals surface area contributed by atoms with Gasteiger partial charge in [0, 0.05) is 6.20 Å². The molecule has 0 atom stereocenters. The lowest BCUT2D eigenvalue weighted by molar-refractivity contribution is 0.207. The molecule has 1 aliphatic heterocycles. The van der Waals surface area contributed by atoms with Gasteiger partial charge in [0.2, 0.25) is 5.88 Å². The monoisotopic (exact) mass is 411 g/mol. The van der Waals surface area contributed by atoms with Crippen molar-refractivity contribution in [2.45, 2.75) is 57.9 Å². The van der Waals surface area contributed by atoms with Crippen LogP contribution in [-0.4, -0.2) is 33.9 Å². The van der Waals surface area contributed by atoms with E-state index in [9.17, 15) is 4.79 Å². The van der Waals surface area contributed by atoms with Crippen LogP contribution in [0.5, 0.6) is 17.4 Å². The second kappa shape index (κ2) is 8.10. The number of primary amides is 1. The molecule has 1 amide bonds. The first-order valence-electron chi connectivity index (χ1n) is 10.5. The number of carbonyl (C=O) groups excluding carboxylic acids is 1. The molecular formula is C22H29N5O3. The molecule has 0 unspecified atom stereocenters. The van der Waals surface area contributed by atoms with Crippen LogP contribution in [0.3, 0.4) is 0 Å². The molecule has 0 bridgehead atoms. The molecule has 0 aromatic carbocycles. The first kappa shape index (κ1) is 20.4. The third-order valence-electron chi connectivity index (χ3n) is 5.25. The maximum absolute atomic E-state index is 11.4. The van der Waals surface area contributed by atoms with E-state index in [1.54, 1.807) is 12.3 Å². The topological polar surface area (TPSA) is 104 Å². The average molecular weight is 412 g/mol. The van der Waals surface area contributed by atoms with Crippen LogP contribution in [0.25, 0.3) is 5.57 Å². The fraction of sp³-hybridized carbons (Fsp3) is 0.500. The van der Waals surface area contributed by atoms with Crippen LogP contribution in [0, 0.1) is 0 Å². The highest BCUT2D eigenvalue weighted by atomic mass is 16.6. The molecule has 8 heteroatoms. The number of nitrogens with one attached hydrogen (secondary N) is 1. The van der Waals surface area contributed by atoms with Crippen molar-refractivity contribution in [1.29, 1.82) is 0 Å². The van der Waals surface area contributed by atoms with Crippen molar-refractivity contribution >= 4 is 11.7 Å². The molecule has 1 aliphatic carbocycles. The van der Waals surface area contributed by atoms with Crippen LogP contribution >= 0.6 is 0 Å². The Kier molecular flexibility index (Phi) is 5.51. The molecule has 1 saturated carbocycles. The maximum atomic E-state index is 11.4. The van der Waals surface area contributed by atoms with Gasteiger partial charge in [-0.2, -0.15) is 5.10 Å². The Labute approximate surface area is 176 Å². The molecule has 160 valence electrons. The number of rotatable bonds is 5. The van der Waals surface area contributed by atoms with E-state index in [4.69, 9.17) is 20.3 Å². The van der Waals surface area contributed by atoms with Gasteiger partial charge in [0.15, 0.2) is 5.75 Å². The summed E-state index contributed by atoms with van der Waals surface area (Å²) >= 11 is 0. The van der Waals surface area contributed by atoms with Gasteiger partial charge in [0.25, 0.3) is 0 Å². The smallest absolute Gasteiger partial charge is 0.411 e. The van der Waals surface area contributed by atoms with E-state index in [0.29, 0.717) is 23.1 Å². The zero-order valence-corrected chi connectivity index (χ0v) is 17.8. The van der Waals surface area contributed by atoms with Crippen molar-refractivity contribution < 1.29 is 14.3 Å². The SMILES string of the molecule is CC(C)(C)c1c(Oc2cn(C3CC3)nc2C2=CCCNCC2)ccnc1OC(N)=O. The molecular weight excluding hydrogens is 382 g/mol. The van der Waals surface area contributed by atoms with Crippen LogP contribution in [-0.2, 0) is 5.41 Å². The van der Waals surface area contributed by atoms with Crippen molar-refractivity contribution in [3.05, 3.63) is 35.8 Å². The second-order valence-corrected chi connectivity index (χ2v) is 8.83. The van der Waals surface area contributed by atoms with Gasteiger partial charge in [-0.1, -0.05) is 26.8 Å². The molecule has 2 aromatic rings. The highest BCUT2D eigenvalue weighted by Gasteiger charge is 2.30. The second-order valence-electron chi connectivity index (χ2n) is 8.83. The Balaban J connectivity index is 1.75. The quantitative estimate of drug-likeness (QED) is 0.773. The minimum Gasteiger partial charge on any atom is -0.453 e. The van der Waals surface area contributed by atoms with Crippen LogP contribution in [0.1, 0.15) is 63.8 Å². The van der Waals surface area contributed by atoms with E-state index in [1.165, 1.54) is 5.57 Å². The number of carbonyl (C=O) groups is 1. The zero-order valence-electron chi connectivity index (χ0n) is 17.8. The standard InChI is InChI=1S/C22H29N5O3/c1-22(2,3)18-16(9-12-25-20(18)30-21(23)28)29-17-13-27(15-6-7-15)26-19(17)14-5-4-10-24-11-8-14/h5,9,12-13,15,24H,4,6-8,10-11H2,1-3H3,(H2,23,28). The van der Waals surface area contributed by atoms with Gasteiger partial charge in [0.1, 0.15) is 11.4 Å². The van der Waals surface area contributed by atoms with Crippen LogP contribution < -0.4 is 20.5 Å². The third kappa shape index (κ3) is 4.48. The molecule has 1 fully saturated rings. The minimum atomic E-state index is -0.900. The Morgan fingerprint density at radius 3 is 2.77 bits per heavy atom. The zero-order chi connectivity index (χ0) is 21.3. The first-order chi connectivity index (χ1) is 14.3. The maximum Gasteiger partial charge on any atom is 0.411 e. The van der Waals surface area contributed by atoms with Crippen LogP contribution in [0.2, 0.25) is 0 Å². The normalized spacial score (nSPS) is 17.2. The predicted octanol–water partition coefficient (Wildman–Crippen LogP) is 3.93. The minimum absolute atomic E-state index is 0.168. The van der Waals surface area contributed by atoms with Crippen molar-refractivity contribution in [3.8, 4) is 17.4 Å². The number of hydrogen-bond donors (Lipinski definition) is 2. The number of pyridine rings is 1. The van der Waals surface area contributed by atoms with E-state index in [2.05, 4.69) is 16.4 Å². The Morgan fingerprint density at radius 1 is 1.27 bits per heavy atom.